The van der Waals surface area contributed by atoms with Crippen LogP contribution in [-0.4, -0.2) is 47.2 Å². The number of ether oxygens (including phenoxy) is 2. The lowest BCUT2D eigenvalue weighted by molar-refractivity contribution is -0.161. The van der Waals surface area contributed by atoms with Gasteiger partial charge in [-0.1, -0.05) is 141 Å². The second-order valence-electron chi connectivity index (χ2n) is 11.2. The molecule has 0 saturated heterocycles. The highest BCUT2D eigenvalue weighted by molar-refractivity contribution is 8.13. The average Bonchev–Trinajstić information content (AvgIpc) is 2.93. The summed E-state index contributed by atoms with van der Waals surface area (Å²) in [5.74, 6) is 0.314. The monoisotopic (exact) mass is 586 g/mol. The second-order valence-corrected chi connectivity index (χ2v) is 12.5. The molecule has 7 heteroatoms. The number of hydrogen-bond acceptors (Lipinski definition) is 7. The minimum absolute atomic E-state index is 0.0788. The Kier molecular flexibility index (Phi) is 30.0. The molecule has 0 fully saturated rings. The molecule has 0 aliphatic rings. The van der Waals surface area contributed by atoms with Crippen LogP contribution in [0.1, 0.15) is 168 Å². The fourth-order valence-electron chi connectivity index (χ4n) is 4.74. The lowest BCUT2D eigenvalue weighted by atomic mass is 10.0. The first-order valence-corrected chi connectivity index (χ1v) is 17.6. The van der Waals surface area contributed by atoms with Crippen molar-refractivity contribution in [2.24, 2.45) is 0 Å². The molecule has 1 atom stereocenters. The number of aliphatic hydroxyl groups is 1. The Hall–Kier alpha value is -1.08. The maximum Gasteiger partial charge on any atom is 0.306 e. The smallest absolute Gasteiger partial charge is 0.306 e. The van der Waals surface area contributed by atoms with Gasteiger partial charge in [0, 0.05) is 25.5 Å². The van der Waals surface area contributed by atoms with Gasteiger partial charge in [0.25, 0.3) is 0 Å². The van der Waals surface area contributed by atoms with Gasteiger partial charge in [-0.25, -0.2) is 0 Å². The number of thioether (sulfide) groups is 1. The largest absolute Gasteiger partial charge is 0.462 e. The van der Waals surface area contributed by atoms with Crippen LogP contribution < -0.4 is 0 Å². The lowest BCUT2D eigenvalue weighted by Gasteiger charge is -2.15. The number of carbonyl (C=O) groups is 3. The van der Waals surface area contributed by atoms with Gasteiger partial charge in [0.15, 0.2) is 11.2 Å². The molecule has 0 radical (unpaired) electrons. The fraction of sp³-hybridized carbons (Fsp3) is 0.909. The van der Waals surface area contributed by atoms with Gasteiger partial charge in [-0.15, -0.1) is 0 Å². The van der Waals surface area contributed by atoms with Crippen molar-refractivity contribution in [1.29, 1.82) is 0 Å². The summed E-state index contributed by atoms with van der Waals surface area (Å²) in [5, 5.41) is 9.69. The zero-order valence-corrected chi connectivity index (χ0v) is 26.9. The molecule has 0 saturated carbocycles. The van der Waals surface area contributed by atoms with Crippen LogP contribution in [-0.2, 0) is 23.9 Å². The van der Waals surface area contributed by atoms with E-state index in [0.717, 1.165) is 50.7 Å². The number of rotatable bonds is 30. The van der Waals surface area contributed by atoms with Crippen molar-refractivity contribution >= 4 is 28.8 Å². The first-order valence-electron chi connectivity index (χ1n) is 16.6. The maximum atomic E-state index is 12.1. The van der Waals surface area contributed by atoms with E-state index < -0.39 is 6.10 Å². The van der Waals surface area contributed by atoms with E-state index in [1.165, 1.54) is 108 Å². The predicted octanol–water partition coefficient (Wildman–Crippen LogP) is 9.10. The lowest BCUT2D eigenvalue weighted by Crippen LogP contribution is -2.28. The first-order chi connectivity index (χ1) is 19.5. The highest BCUT2D eigenvalue weighted by Gasteiger charge is 2.16. The summed E-state index contributed by atoms with van der Waals surface area (Å²) in [6.07, 6.45) is 26.3. The minimum atomic E-state index is -0.778. The SMILES string of the molecule is CCCCCCCCCCCCCCCC(=O)O[C@@H](CO)COC(=O)CCCCCCCCCCCSC(C)=O. The number of carbonyl (C=O) groups excluding carboxylic acids is 3. The summed E-state index contributed by atoms with van der Waals surface area (Å²) in [6, 6.07) is 0. The Morgan fingerprint density at radius 3 is 1.43 bits per heavy atom. The topological polar surface area (TPSA) is 89.9 Å². The van der Waals surface area contributed by atoms with Gasteiger partial charge < -0.3 is 14.6 Å². The molecule has 0 aliphatic carbocycles. The summed E-state index contributed by atoms with van der Waals surface area (Å²) in [4.78, 5) is 34.9. The van der Waals surface area contributed by atoms with Crippen LogP contribution >= 0.6 is 11.8 Å². The van der Waals surface area contributed by atoms with Gasteiger partial charge in [0.05, 0.1) is 6.61 Å². The molecule has 6 nitrogen and oxygen atoms in total. The number of aliphatic hydroxyl groups excluding tert-OH is 1. The van der Waals surface area contributed by atoms with E-state index in [0.29, 0.717) is 12.8 Å². The summed E-state index contributed by atoms with van der Waals surface area (Å²) in [5.41, 5.74) is 0. The third-order valence-electron chi connectivity index (χ3n) is 7.25. The van der Waals surface area contributed by atoms with Gasteiger partial charge in [0.1, 0.15) is 6.61 Å². The molecule has 0 rings (SSSR count). The minimum Gasteiger partial charge on any atom is -0.462 e. The summed E-state index contributed by atoms with van der Waals surface area (Å²) in [6.45, 7) is 3.46. The predicted molar refractivity (Wildman–Crippen MR) is 168 cm³/mol. The van der Waals surface area contributed by atoms with Crippen molar-refractivity contribution in [2.75, 3.05) is 19.0 Å². The Labute approximate surface area is 250 Å². The third-order valence-corrected chi connectivity index (χ3v) is 8.15. The number of unbranched alkanes of at least 4 members (excludes halogenated alkanes) is 20. The summed E-state index contributed by atoms with van der Waals surface area (Å²) >= 11 is 1.42. The molecular weight excluding hydrogens is 524 g/mol. The Morgan fingerprint density at radius 1 is 0.600 bits per heavy atom. The molecule has 0 aromatic heterocycles. The molecule has 0 aromatic carbocycles. The van der Waals surface area contributed by atoms with Gasteiger partial charge in [0.2, 0.25) is 0 Å². The van der Waals surface area contributed by atoms with E-state index in [4.69, 9.17) is 9.47 Å². The second kappa shape index (κ2) is 30.9. The molecule has 0 amide bonds. The molecular formula is C33H62O6S. The fourth-order valence-corrected chi connectivity index (χ4v) is 5.37. The zero-order valence-electron chi connectivity index (χ0n) is 26.1. The zero-order chi connectivity index (χ0) is 29.5. The van der Waals surface area contributed by atoms with Gasteiger partial charge in [-0.2, -0.15) is 0 Å². The molecule has 0 heterocycles. The Bertz CT molecular complexity index is 597. The van der Waals surface area contributed by atoms with Crippen LogP contribution in [0.25, 0.3) is 0 Å². The van der Waals surface area contributed by atoms with Gasteiger partial charge in [-0.05, 0) is 19.3 Å². The van der Waals surface area contributed by atoms with Crippen molar-refractivity contribution in [3.05, 3.63) is 0 Å². The highest BCUT2D eigenvalue weighted by Crippen LogP contribution is 2.15. The normalized spacial score (nSPS) is 11.9. The molecule has 1 N–H and O–H groups in total. The summed E-state index contributed by atoms with van der Waals surface area (Å²) < 4.78 is 10.5. The number of hydrogen-bond donors (Lipinski definition) is 1. The average molecular weight is 587 g/mol. The van der Waals surface area contributed by atoms with Crippen LogP contribution in [0.3, 0.4) is 0 Å². The van der Waals surface area contributed by atoms with E-state index >= 15 is 0 Å². The van der Waals surface area contributed by atoms with Crippen molar-refractivity contribution < 1.29 is 29.0 Å². The van der Waals surface area contributed by atoms with E-state index in [9.17, 15) is 19.5 Å². The van der Waals surface area contributed by atoms with E-state index in [-0.39, 0.29) is 30.3 Å². The van der Waals surface area contributed by atoms with Crippen molar-refractivity contribution in [1.82, 2.24) is 0 Å². The van der Waals surface area contributed by atoms with Crippen LogP contribution in [0.4, 0.5) is 0 Å². The van der Waals surface area contributed by atoms with Crippen LogP contribution in [0.5, 0.6) is 0 Å². The van der Waals surface area contributed by atoms with Gasteiger partial charge in [-0.3, -0.25) is 14.4 Å². The molecule has 0 bridgehead atoms. The van der Waals surface area contributed by atoms with Crippen LogP contribution in [0, 0.1) is 0 Å². The highest BCUT2D eigenvalue weighted by atomic mass is 32.2. The molecule has 0 aliphatic heterocycles. The van der Waals surface area contributed by atoms with Gasteiger partial charge >= 0.3 is 11.9 Å². The van der Waals surface area contributed by atoms with Crippen molar-refractivity contribution in [3.8, 4) is 0 Å². The van der Waals surface area contributed by atoms with E-state index in [1.807, 2.05) is 0 Å². The molecule has 236 valence electrons. The van der Waals surface area contributed by atoms with Crippen LogP contribution in [0.15, 0.2) is 0 Å². The van der Waals surface area contributed by atoms with E-state index in [2.05, 4.69) is 6.92 Å². The third kappa shape index (κ3) is 29.9. The standard InChI is InChI=1S/C33H62O6S/c1-3-4-5-6-7-8-9-10-11-13-17-20-23-26-33(37)39-31(28-34)29-38-32(36)25-22-19-16-14-12-15-18-21-24-27-40-30(2)35/h31,34H,3-29H2,1-2H3/t31-/m0/s1. The Balaban J connectivity index is 3.54. The summed E-state index contributed by atoms with van der Waals surface area (Å²) in [7, 11) is 0. The molecule has 0 spiro atoms. The van der Waals surface area contributed by atoms with E-state index in [1.54, 1.807) is 6.92 Å². The number of esters is 2. The van der Waals surface area contributed by atoms with Crippen LogP contribution in [0.2, 0.25) is 0 Å². The Morgan fingerprint density at radius 2 is 1.00 bits per heavy atom. The molecule has 40 heavy (non-hydrogen) atoms. The molecule has 0 unspecified atom stereocenters. The molecule has 0 aromatic rings. The quantitative estimate of drug-likeness (QED) is 0.0663. The van der Waals surface area contributed by atoms with Crippen molar-refractivity contribution in [2.45, 2.75) is 174 Å². The first kappa shape index (κ1) is 38.9. The van der Waals surface area contributed by atoms with Crippen molar-refractivity contribution in [3.63, 3.8) is 0 Å². The maximum absolute atomic E-state index is 12.1.